The first-order chi connectivity index (χ1) is 19.2. The maximum Gasteiger partial charge on any atom is 0.408 e. The highest BCUT2D eigenvalue weighted by atomic mass is 32.1. The van der Waals surface area contributed by atoms with Crippen LogP contribution in [-0.2, 0) is 10.3 Å². The molecular formula is C30H25N5O4S. The number of hydrogen-bond acceptors (Lipinski definition) is 7. The Bertz CT molecular complexity index is 1690. The van der Waals surface area contributed by atoms with Crippen LogP contribution in [0, 0.1) is 10.1 Å². The van der Waals surface area contributed by atoms with Crippen LogP contribution in [0.25, 0.3) is 22.2 Å². The summed E-state index contributed by atoms with van der Waals surface area (Å²) in [5, 5.41) is 22.4. The number of carbonyl (C=O) groups excluding carboxylic acids is 1. The van der Waals surface area contributed by atoms with Crippen LogP contribution < -0.4 is 5.32 Å². The van der Waals surface area contributed by atoms with Crippen LogP contribution in [0.4, 0.5) is 10.5 Å². The molecule has 1 N–H and O–H groups in total. The lowest BCUT2D eigenvalue weighted by molar-refractivity contribution is -0.384. The molecule has 40 heavy (non-hydrogen) atoms. The van der Waals surface area contributed by atoms with E-state index in [0.29, 0.717) is 16.6 Å². The van der Waals surface area contributed by atoms with Crippen molar-refractivity contribution in [3.05, 3.63) is 124 Å². The summed E-state index contributed by atoms with van der Waals surface area (Å²) in [6, 6.07) is 30.3. The van der Waals surface area contributed by atoms with Crippen LogP contribution in [0.1, 0.15) is 31.0 Å². The lowest BCUT2D eigenvalue weighted by atomic mass is 9.95. The fourth-order valence-electron chi connectivity index (χ4n) is 4.37. The van der Waals surface area contributed by atoms with Crippen LogP contribution in [-0.4, -0.2) is 31.0 Å². The van der Waals surface area contributed by atoms with Gasteiger partial charge in [0, 0.05) is 12.1 Å². The first-order valence-electron chi connectivity index (χ1n) is 12.5. The molecule has 0 spiro atoms. The van der Waals surface area contributed by atoms with E-state index in [4.69, 9.17) is 17.0 Å². The number of fused-ring (bicyclic) bond motifs is 1. The molecule has 0 aliphatic carbocycles. The number of nitro groups is 1. The molecule has 0 aliphatic heterocycles. The zero-order chi connectivity index (χ0) is 28.3. The summed E-state index contributed by atoms with van der Waals surface area (Å²) in [7, 11) is 0. The highest BCUT2D eigenvalue weighted by Gasteiger charge is 2.29. The minimum atomic E-state index is -0.956. The Labute approximate surface area is 235 Å². The van der Waals surface area contributed by atoms with Crippen molar-refractivity contribution in [1.29, 1.82) is 0 Å². The van der Waals surface area contributed by atoms with Crippen molar-refractivity contribution < 1.29 is 14.5 Å². The van der Waals surface area contributed by atoms with E-state index in [2.05, 4.69) is 15.6 Å². The molecule has 9 nitrogen and oxygen atoms in total. The molecule has 5 rings (SSSR count). The van der Waals surface area contributed by atoms with Gasteiger partial charge >= 0.3 is 6.09 Å². The second kappa shape index (κ2) is 11.0. The second-order valence-electron chi connectivity index (χ2n) is 9.60. The topological polar surface area (TPSA) is 112 Å². The molecule has 10 heteroatoms. The van der Waals surface area contributed by atoms with Crippen molar-refractivity contribution in [2.75, 3.05) is 0 Å². The first kappa shape index (κ1) is 26.6. The summed E-state index contributed by atoms with van der Waals surface area (Å²) in [4.78, 5) is 24.3. The van der Waals surface area contributed by atoms with Gasteiger partial charge in [0.25, 0.3) is 5.69 Å². The molecule has 1 heterocycles. The van der Waals surface area contributed by atoms with Gasteiger partial charge < -0.3 is 10.1 Å². The van der Waals surface area contributed by atoms with Crippen molar-refractivity contribution in [2.24, 2.45) is 0 Å². The molecule has 0 saturated heterocycles. The highest BCUT2D eigenvalue weighted by Crippen LogP contribution is 2.29. The fourth-order valence-corrected chi connectivity index (χ4v) is 4.70. The van der Waals surface area contributed by atoms with E-state index < -0.39 is 22.7 Å². The summed E-state index contributed by atoms with van der Waals surface area (Å²) in [5.74, 6) is 0. The van der Waals surface area contributed by atoms with Gasteiger partial charge in [-0.15, -0.1) is 5.10 Å². The number of carbonyl (C=O) groups is 1. The molecule has 4 aromatic carbocycles. The number of alkyl carbamates (subject to hydrolysis) is 1. The highest BCUT2D eigenvalue weighted by molar-refractivity contribution is 7.80. The van der Waals surface area contributed by atoms with E-state index in [1.807, 2.05) is 98.8 Å². The van der Waals surface area contributed by atoms with Gasteiger partial charge in [-0.1, -0.05) is 102 Å². The monoisotopic (exact) mass is 551 g/mol. The van der Waals surface area contributed by atoms with Crippen molar-refractivity contribution in [1.82, 2.24) is 20.3 Å². The van der Waals surface area contributed by atoms with Crippen LogP contribution in [0.3, 0.4) is 0 Å². The third-order valence-corrected chi connectivity index (χ3v) is 6.93. The van der Waals surface area contributed by atoms with Gasteiger partial charge in [0.2, 0.25) is 0 Å². The number of rotatable bonds is 7. The lowest BCUT2D eigenvalue weighted by Gasteiger charge is -2.28. The van der Waals surface area contributed by atoms with Crippen molar-refractivity contribution in [3.8, 4) is 11.1 Å². The molecule has 0 bridgehead atoms. The summed E-state index contributed by atoms with van der Waals surface area (Å²) < 4.78 is 7.21. The fraction of sp³-hybridized carbons (Fsp3) is 0.133. The Morgan fingerprint density at radius 2 is 1.57 bits per heavy atom. The molecule has 0 aliphatic rings. The molecule has 200 valence electrons. The molecule has 5 aromatic rings. The summed E-state index contributed by atoms with van der Waals surface area (Å²) in [5.41, 5.74) is 3.36. The molecule has 0 saturated carbocycles. The van der Waals surface area contributed by atoms with Gasteiger partial charge in [0.1, 0.15) is 27.7 Å². The lowest BCUT2D eigenvalue weighted by Crippen LogP contribution is -2.39. The number of nitrogens with zero attached hydrogens (tertiary/aromatic N) is 4. The Hall–Kier alpha value is -4.96. The maximum absolute atomic E-state index is 13.3. The third kappa shape index (κ3) is 5.57. The van der Waals surface area contributed by atoms with E-state index in [0.717, 1.165) is 16.7 Å². The summed E-state index contributed by atoms with van der Waals surface area (Å²) in [6.07, 6.45) is -0.691. The van der Waals surface area contributed by atoms with E-state index in [1.165, 1.54) is 22.9 Å². The van der Waals surface area contributed by atoms with Crippen molar-refractivity contribution in [3.63, 3.8) is 0 Å². The molecule has 1 aromatic heterocycles. The van der Waals surface area contributed by atoms with Gasteiger partial charge in [-0.05, 0) is 42.2 Å². The van der Waals surface area contributed by atoms with E-state index in [-0.39, 0.29) is 10.7 Å². The Morgan fingerprint density at radius 1 is 0.950 bits per heavy atom. The predicted molar refractivity (Wildman–Crippen MR) is 156 cm³/mol. The molecular weight excluding hydrogens is 526 g/mol. The van der Waals surface area contributed by atoms with Crippen LogP contribution >= 0.6 is 12.2 Å². The number of aromatic nitrogens is 3. The van der Waals surface area contributed by atoms with Crippen LogP contribution in [0.2, 0.25) is 0 Å². The van der Waals surface area contributed by atoms with E-state index in [1.54, 1.807) is 0 Å². The molecule has 1 atom stereocenters. The van der Waals surface area contributed by atoms with Gasteiger partial charge in [-0.25, -0.2) is 9.48 Å². The van der Waals surface area contributed by atoms with Crippen LogP contribution in [0.15, 0.2) is 103 Å². The number of hydrogen-bond donors (Lipinski definition) is 1. The largest absolute Gasteiger partial charge is 0.439 e. The first-order valence-corrected chi connectivity index (χ1v) is 12.9. The number of non-ortho nitro benzene ring substituents is 1. The number of amides is 1. The van der Waals surface area contributed by atoms with Gasteiger partial charge in [-0.2, -0.15) is 0 Å². The smallest absolute Gasteiger partial charge is 0.408 e. The normalized spacial score (nSPS) is 12.1. The zero-order valence-electron chi connectivity index (χ0n) is 21.7. The standard InChI is InChI=1S/C30H25N5O4S/c1-30(2,23-15-13-21(14-16-23)20-9-5-3-6-10-20)39-29(36)31-27(22-11-7-4-8-12-22)28(40)34-26-19-24(35(37)38)17-18-25(26)32-33-34/h3-19,27H,1-2H3,(H,31,36)/t27-/m0/s1. The number of nitro benzene ring substituents is 1. The molecule has 0 fully saturated rings. The number of thiocarbonyl (C=S) groups is 1. The van der Waals surface area contributed by atoms with E-state index >= 15 is 0 Å². The predicted octanol–water partition coefficient (Wildman–Crippen LogP) is 6.58. The molecule has 1 amide bonds. The average Bonchev–Trinajstić information content (AvgIpc) is 3.40. The van der Waals surface area contributed by atoms with E-state index in [9.17, 15) is 14.9 Å². The zero-order valence-corrected chi connectivity index (χ0v) is 22.5. The van der Waals surface area contributed by atoms with Gasteiger partial charge in [0.15, 0.2) is 0 Å². The maximum atomic E-state index is 13.3. The molecule has 0 radical (unpaired) electrons. The summed E-state index contributed by atoms with van der Waals surface area (Å²) in [6.45, 7) is 3.62. The average molecular weight is 552 g/mol. The quantitative estimate of drug-likeness (QED) is 0.138. The Morgan fingerprint density at radius 3 is 2.23 bits per heavy atom. The number of benzene rings is 4. The van der Waals surface area contributed by atoms with Gasteiger partial charge in [0.05, 0.1) is 4.92 Å². The summed E-state index contributed by atoms with van der Waals surface area (Å²) >= 11 is 5.75. The Balaban J connectivity index is 1.39. The third-order valence-electron chi connectivity index (χ3n) is 6.53. The second-order valence-corrected chi connectivity index (χ2v) is 10.0. The SMILES string of the molecule is CC(C)(OC(=O)N[C@H](C(=S)n1nnc2ccc([N+](=O)[O-])cc21)c1ccccc1)c1ccc(-c2ccccc2)cc1. The number of nitrogens with one attached hydrogen (secondary N) is 1. The van der Waals surface area contributed by atoms with Crippen molar-refractivity contribution in [2.45, 2.75) is 25.5 Å². The minimum Gasteiger partial charge on any atom is -0.439 e. The molecule has 0 unspecified atom stereocenters. The Kier molecular flexibility index (Phi) is 7.35. The van der Waals surface area contributed by atoms with Crippen LogP contribution in [0.5, 0.6) is 0 Å². The van der Waals surface area contributed by atoms with Gasteiger partial charge in [-0.3, -0.25) is 10.1 Å². The minimum absolute atomic E-state index is 0.123. The van der Waals surface area contributed by atoms with Crippen molar-refractivity contribution >= 4 is 40.0 Å². The number of ether oxygens (including phenoxy) is 1.